The van der Waals surface area contributed by atoms with Crippen molar-refractivity contribution in [2.75, 3.05) is 26.8 Å². The van der Waals surface area contributed by atoms with E-state index in [-0.39, 0.29) is 23.7 Å². The number of aryl methyl sites for hydroxylation is 1. The number of para-hydroxylation sites is 1. The molecule has 3 aromatic rings. The van der Waals surface area contributed by atoms with E-state index in [0.717, 1.165) is 28.2 Å². The lowest BCUT2D eigenvalue weighted by Gasteiger charge is -2.32. The van der Waals surface area contributed by atoms with E-state index < -0.39 is 0 Å². The van der Waals surface area contributed by atoms with Crippen LogP contribution in [0.15, 0.2) is 48.8 Å². The van der Waals surface area contributed by atoms with Gasteiger partial charge in [-0.05, 0) is 44.4 Å². The minimum Gasteiger partial charge on any atom is -0.496 e. The molecule has 3 heterocycles. The lowest BCUT2D eigenvalue weighted by molar-refractivity contribution is -0.151. The largest absolute Gasteiger partial charge is 0.496 e. The Balaban J connectivity index is 1.60. The van der Waals surface area contributed by atoms with Crippen LogP contribution in [0.3, 0.4) is 0 Å². The number of likely N-dealkylation sites (tertiary alicyclic amines) is 1. The minimum absolute atomic E-state index is 0.0656. The number of rotatable bonds is 7. The summed E-state index contributed by atoms with van der Waals surface area (Å²) in [5, 5.41) is 0. The summed E-state index contributed by atoms with van der Waals surface area (Å²) in [6, 6.07) is 11.9. The van der Waals surface area contributed by atoms with Crippen LogP contribution in [0.4, 0.5) is 0 Å². The first-order chi connectivity index (χ1) is 16.0. The molecule has 0 aliphatic carbocycles. The Morgan fingerprint density at radius 1 is 1.15 bits per heavy atom. The number of amides is 1. The van der Waals surface area contributed by atoms with Crippen molar-refractivity contribution >= 4 is 17.5 Å². The number of pyridine rings is 1. The molecular formula is C26H31N3O4. The van der Waals surface area contributed by atoms with Gasteiger partial charge in [-0.15, -0.1) is 0 Å². The summed E-state index contributed by atoms with van der Waals surface area (Å²) < 4.78 is 12.9. The molecule has 1 aliphatic rings. The molecule has 1 fully saturated rings. The van der Waals surface area contributed by atoms with Crippen LogP contribution in [0.1, 0.15) is 48.9 Å². The average Bonchev–Trinajstić information content (AvgIpc) is 3.28. The normalized spacial score (nSPS) is 15.4. The van der Waals surface area contributed by atoms with Gasteiger partial charge in [-0.1, -0.05) is 24.3 Å². The first-order valence-electron chi connectivity index (χ1n) is 11.5. The van der Waals surface area contributed by atoms with Gasteiger partial charge in [-0.3, -0.25) is 9.59 Å². The van der Waals surface area contributed by atoms with E-state index in [1.165, 1.54) is 0 Å². The van der Waals surface area contributed by atoms with Gasteiger partial charge in [-0.2, -0.15) is 0 Å². The first-order valence-corrected chi connectivity index (χ1v) is 11.5. The highest BCUT2D eigenvalue weighted by atomic mass is 16.5. The van der Waals surface area contributed by atoms with Gasteiger partial charge < -0.3 is 18.8 Å². The maximum absolute atomic E-state index is 13.4. The predicted molar refractivity (Wildman–Crippen MR) is 125 cm³/mol. The monoisotopic (exact) mass is 449 g/mol. The SMILES string of the molecule is CCOC(=O)C1CCN(C(=O)CC(c2ccccc2OC)c2cnc3c(C)cccn23)CC1. The van der Waals surface area contributed by atoms with E-state index in [1.807, 2.05) is 67.5 Å². The number of methoxy groups -OCH3 is 1. The summed E-state index contributed by atoms with van der Waals surface area (Å²) in [6.07, 6.45) is 5.42. The average molecular weight is 450 g/mol. The molecule has 7 heteroatoms. The van der Waals surface area contributed by atoms with Crippen LogP contribution in [-0.2, 0) is 14.3 Å². The molecule has 1 unspecified atom stereocenters. The number of carbonyl (C=O) groups is 2. The van der Waals surface area contributed by atoms with Gasteiger partial charge >= 0.3 is 5.97 Å². The molecule has 0 radical (unpaired) electrons. The van der Waals surface area contributed by atoms with Crippen LogP contribution >= 0.6 is 0 Å². The summed E-state index contributed by atoms with van der Waals surface area (Å²) in [5.41, 5.74) is 3.87. The van der Waals surface area contributed by atoms with Gasteiger partial charge in [0, 0.05) is 43.4 Å². The van der Waals surface area contributed by atoms with E-state index in [1.54, 1.807) is 7.11 Å². The van der Waals surface area contributed by atoms with Crippen molar-refractivity contribution in [2.45, 2.75) is 39.0 Å². The quantitative estimate of drug-likeness (QED) is 0.510. The van der Waals surface area contributed by atoms with Crippen molar-refractivity contribution in [3.8, 4) is 5.75 Å². The zero-order valence-corrected chi connectivity index (χ0v) is 19.5. The molecule has 2 aromatic heterocycles. The van der Waals surface area contributed by atoms with Gasteiger partial charge in [0.25, 0.3) is 0 Å². The fourth-order valence-corrected chi connectivity index (χ4v) is 4.68. The third kappa shape index (κ3) is 4.72. The van der Waals surface area contributed by atoms with Crippen molar-refractivity contribution in [1.29, 1.82) is 0 Å². The lowest BCUT2D eigenvalue weighted by atomic mass is 9.90. The Kier molecular flexibility index (Phi) is 6.96. The van der Waals surface area contributed by atoms with Crippen molar-refractivity contribution in [1.82, 2.24) is 14.3 Å². The standard InChI is InChI=1S/C26H31N3O4/c1-4-33-26(31)19-11-14-28(15-12-19)24(30)16-21(20-9-5-6-10-23(20)32-3)22-17-27-25-18(2)8-7-13-29(22)25/h5-10,13,17,19,21H,4,11-12,14-16H2,1-3H3. The number of piperidine rings is 1. The van der Waals surface area contributed by atoms with Gasteiger partial charge in [0.15, 0.2) is 0 Å². The van der Waals surface area contributed by atoms with Crippen LogP contribution in [-0.4, -0.2) is 53.0 Å². The zero-order valence-electron chi connectivity index (χ0n) is 19.5. The summed E-state index contributed by atoms with van der Waals surface area (Å²) >= 11 is 0. The van der Waals surface area contributed by atoms with Gasteiger partial charge in [0.05, 0.1) is 25.3 Å². The number of hydrogen-bond donors (Lipinski definition) is 0. The van der Waals surface area contributed by atoms with Crippen molar-refractivity contribution in [3.05, 3.63) is 65.6 Å². The van der Waals surface area contributed by atoms with E-state index >= 15 is 0 Å². The molecule has 1 aromatic carbocycles. The first kappa shape index (κ1) is 22.8. The molecule has 174 valence electrons. The van der Waals surface area contributed by atoms with Gasteiger partial charge in [-0.25, -0.2) is 4.98 Å². The number of nitrogens with zero attached hydrogens (tertiary/aromatic N) is 3. The molecule has 4 rings (SSSR count). The van der Waals surface area contributed by atoms with E-state index in [2.05, 4.69) is 9.38 Å². The molecule has 0 N–H and O–H groups in total. The number of ether oxygens (including phenoxy) is 2. The van der Waals surface area contributed by atoms with Crippen LogP contribution in [0.2, 0.25) is 0 Å². The maximum Gasteiger partial charge on any atom is 0.309 e. The number of carbonyl (C=O) groups excluding carboxylic acids is 2. The third-order valence-electron chi connectivity index (χ3n) is 6.48. The van der Waals surface area contributed by atoms with E-state index in [0.29, 0.717) is 39.0 Å². The van der Waals surface area contributed by atoms with Gasteiger partial charge in [0.1, 0.15) is 11.4 Å². The second kappa shape index (κ2) is 10.1. The molecule has 0 saturated carbocycles. The predicted octanol–water partition coefficient (Wildman–Crippen LogP) is 3.98. The third-order valence-corrected chi connectivity index (χ3v) is 6.48. The maximum atomic E-state index is 13.4. The number of fused-ring (bicyclic) bond motifs is 1. The number of hydrogen-bond acceptors (Lipinski definition) is 5. The summed E-state index contributed by atoms with van der Waals surface area (Å²) in [6.45, 7) is 5.36. The van der Waals surface area contributed by atoms with Crippen molar-refractivity contribution in [3.63, 3.8) is 0 Å². The highest BCUT2D eigenvalue weighted by Crippen LogP contribution is 2.36. The Morgan fingerprint density at radius 2 is 1.91 bits per heavy atom. The molecule has 1 atom stereocenters. The highest BCUT2D eigenvalue weighted by molar-refractivity contribution is 5.79. The summed E-state index contributed by atoms with van der Waals surface area (Å²) in [7, 11) is 1.65. The molecule has 33 heavy (non-hydrogen) atoms. The number of imidazole rings is 1. The van der Waals surface area contributed by atoms with E-state index in [9.17, 15) is 9.59 Å². The zero-order chi connectivity index (χ0) is 23.4. The van der Waals surface area contributed by atoms with E-state index in [4.69, 9.17) is 9.47 Å². The number of esters is 1. The Bertz CT molecular complexity index is 1130. The molecular weight excluding hydrogens is 418 g/mol. The number of benzene rings is 1. The van der Waals surface area contributed by atoms with Crippen molar-refractivity contribution < 1.29 is 19.1 Å². The fourth-order valence-electron chi connectivity index (χ4n) is 4.68. The molecule has 1 amide bonds. The Labute approximate surface area is 194 Å². The van der Waals surface area contributed by atoms with Gasteiger partial charge in [0.2, 0.25) is 5.91 Å². The fraction of sp³-hybridized carbons (Fsp3) is 0.423. The molecule has 0 bridgehead atoms. The smallest absolute Gasteiger partial charge is 0.309 e. The molecule has 0 spiro atoms. The van der Waals surface area contributed by atoms with Crippen LogP contribution < -0.4 is 4.74 Å². The van der Waals surface area contributed by atoms with Crippen LogP contribution in [0.25, 0.3) is 5.65 Å². The lowest BCUT2D eigenvalue weighted by Crippen LogP contribution is -2.41. The Hall–Kier alpha value is -3.35. The second-order valence-electron chi connectivity index (χ2n) is 8.47. The highest BCUT2D eigenvalue weighted by Gasteiger charge is 2.31. The number of aromatic nitrogens is 2. The summed E-state index contributed by atoms with van der Waals surface area (Å²) in [5.74, 6) is 0.321. The second-order valence-corrected chi connectivity index (χ2v) is 8.47. The molecule has 1 saturated heterocycles. The molecule has 1 aliphatic heterocycles. The van der Waals surface area contributed by atoms with Crippen LogP contribution in [0.5, 0.6) is 5.75 Å². The summed E-state index contributed by atoms with van der Waals surface area (Å²) in [4.78, 5) is 32.0. The van der Waals surface area contributed by atoms with Crippen molar-refractivity contribution in [2.24, 2.45) is 5.92 Å². The minimum atomic E-state index is -0.215. The topological polar surface area (TPSA) is 73.1 Å². The molecule has 7 nitrogen and oxygen atoms in total. The van der Waals surface area contributed by atoms with Crippen LogP contribution in [0, 0.1) is 12.8 Å². The Morgan fingerprint density at radius 3 is 2.64 bits per heavy atom.